The second-order valence-corrected chi connectivity index (χ2v) is 6.78. The number of nitrogens with one attached hydrogen (secondary N) is 1. The number of aromatic amines is 1. The number of hydrogen-bond donors (Lipinski definition) is 3. The Hall–Kier alpha value is -3.40. The lowest BCUT2D eigenvalue weighted by Crippen LogP contribution is -2.35. The number of ether oxygens (including phenoxy) is 1. The van der Waals surface area contributed by atoms with E-state index in [1.807, 2.05) is 4.98 Å². The number of benzene rings is 2. The van der Waals surface area contributed by atoms with Gasteiger partial charge in [0.2, 0.25) is 5.69 Å². The van der Waals surface area contributed by atoms with Gasteiger partial charge in [-0.1, -0.05) is 6.07 Å². The normalized spacial score (nSPS) is 10.7. The van der Waals surface area contributed by atoms with Gasteiger partial charge in [0.05, 0.1) is 10.2 Å². The van der Waals surface area contributed by atoms with Crippen LogP contribution in [-0.2, 0) is 0 Å². The second-order valence-electron chi connectivity index (χ2n) is 5.92. The zero-order valence-corrected chi connectivity index (χ0v) is 16.3. The van der Waals surface area contributed by atoms with Gasteiger partial charge in [-0.05, 0) is 65.2 Å². The molecule has 0 radical (unpaired) electrons. The van der Waals surface area contributed by atoms with Crippen molar-refractivity contribution in [2.24, 2.45) is 0 Å². The molecule has 144 valence electrons. The molecule has 0 saturated carbocycles. The zero-order valence-electron chi connectivity index (χ0n) is 14.7. The molecule has 0 atom stereocenters. The molecule has 0 bridgehead atoms. The molecule has 9 nitrogen and oxygen atoms in total. The molecule has 0 unspecified atom stereocenters. The van der Waals surface area contributed by atoms with Crippen molar-refractivity contribution >= 4 is 21.9 Å². The minimum absolute atomic E-state index is 0.0602. The van der Waals surface area contributed by atoms with Crippen LogP contribution >= 0.6 is 15.9 Å². The van der Waals surface area contributed by atoms with Gasteiger partial charge in [0, 0.05) is 0 Å². The van der Waals surface area contributed by atoms with Crippen LogP contribution in [0.25, 0.3) is 5.69 Å². The van der Waals surface area contributed by atoms with Crippen LogP contribution in [0.3, 0.4) is 0 Å². The molecule has 1 aromatic heterocycles. The first-order valence-electron chi connectivity index (χ1n) is 7.93. The van der Waals surface area contributed by atoms with E-state index in [-0.39, 0.29) is 17.2 Å². The number of aromatic nitrogens is 3. The fraction of sp³-hybridized carbons (Fsp3) is 0.111. The van der Waals surface area contributed by atoms with Crippen LogP contribution in [0.15, 0.2) is 44.4 Å². The third kappa shape index (κ3) is 3.54. The van der Waals surface area contributed by atoms with Crippen LogP contribution in [0.1, 0.15) is 21.6 Å². The van der Waals surface area contributed by atoms with Gasteiger partial charge in [0.15, 0.2) is 11.5 Å². The van der Waals surface area contributed by atoms with Crippen molar-refractivity contribution in [2.45, 2.75) is 13.8 Å². The first-order chi connectivity index (χ1) is 13.2. The van der Waals surface area contributed by atoms with Gasteiger partial charge in [0.1, 0.15) is 5.75 Å². The number of phenols is 1. The van der Waals surface area contributed by atoms with Crippen molar-refractivity contribution in [3.63, 3.8) is 0 Å². The number of phenolic OH excluding ortho intramolecular Hbond substituents is 1. The number of nitrogens with zero attached hydrogens (tertiary/aromatic N) is 2. The Labute approximate surface area is 166 Å². The molecule has 10 heteroatoms. The van der Waals surface area contributed by atoms with Gasteiger partial charge >= 0.3 is 11.7 Å². The van der Waals surface area contributed by atoms with Crippen molar-refractivity contribution in [2.75, 3.05) is 0 Å². The van der Waals surface area contributed by atoms with Crippen LogP contribution in [0.2, 0.25) is 0 Å². The van der Waals surface area contributed by atoms with Gasteiger partial charge in [-0.2, -0.15) is 9.78 Å². The first kappa shape index (κ1) is 19.4. The molecule has 0 aliphatic rings. The largest absolute Gasteiger partial charge is 0.503 e. The number of carboxylic acid groups (broad SMARTS) is 1. The zero-order chi connectivity index (χ0) is 20.6. The predicted octanol–water partition coefficient (Wildman–Crippen LogP) is 2.50. The molecule has 3 rings (SSSR count). The third-order valence-corrected chi connectivity index (χ3v) is 4.52. The van der Waals surface area contributed by atoms with E-state index >= 15 is 0 Å². The Morgan fingerprint density at radius 1 is 1.21 bits per heavy atom. The average Bonchev–Trinajstić information content (AvgIpc) is 2.61. The van der Waals surface area contributed by atoms with Gasteiger partial charge in [-0.3, -0.25) is 9.78 Å². The van der Waals surface area contributed by atoms with Gasteiger partial charge in [-0.25, -0.2) is 9.59 Å². The van der Waals surface area contributed by atoms with E-state index < -0.39 is 22.9 Å². The van der Waals surface area contributed by atoms with E-state index in [9.17, 15) is 19.5 Å². The molecular formula is C18H14BrN3O6. The highest BCUT2D eigenvalue weighted by atomic mass is 79.9. The van der Waals surface area contributed by atoms with E-state index in [0.29, 0.717) is 21.3 Å². The highest BCUT2D eigenvalue weighted by Gasteiger charge is 2.17. The lowest BCUT2D eigenvalue weighted by molar-refractivity contribution is 0.0685. The van der Waals surface area contributed by atoms with Crippen LogP contribution < -0.4 is 16.0 Å². The quantitative estimate of drug-likeness (QED) is 0.558. The van der Waals surface area contributed by atoms with Gasteiger partial charge in [-0.15, -0.1) is 0 Å². The summed E-state index contributed by atoms with van der Waals surface area (Å²) in [6.07, 6.45) is 0. The number of aryl methyl sites for hydroxylation is 2. The van der Waals surface area contributed by atoms with Crippen LogP contribution in [0.5, 0.6) is 17.2 Å². The minimum atomic E-state index is -1.55. The minimum Gasteiger partial charge on any atom is -0.503 e. The molecule has 0 spiro atoms. The molecule has 2 aromatic carbocycles. The summed E-state index contributed by atoms with van der Waals surface area (Å²) in [5, 5.41) is 22.8. The fourth-order valence-corrected chi connectivity index (χ4v) is 2.96. The Kier molecular flexibility index (Phi) is 5.06. The highest BCUT2D eigenvalue weighted by Crippen LogP contribution is 2.38. The molecule has 0 aliphatic carbocycles. The number of halogens is 1. The molecule has 0 amide bonds. The molecule has 0 fully saturated rings. The summed E-state index contributed by atoms with van der Waals surface area (Å²) in [6.45, 7) is 3.44. The molecule has 0 aliphatic heterocycles. The molecule has 3 aromatic rings. The van der Waals surface area contributed by atoms with Gasteiger partial charge < -0.3 is 14.9 Å². The molecule has 28 heavy (non-hydrogen) atoms. The molecule has 3 N–H and O–H groups in total. The van der Waals surface area contributed by atoms with Crippen molar-refractivity contribution in [1.29, 1.82) is 0 Å². The summed E-state index contributed by atoms with van der Waals surface area (Å²) in [5.41, 5.74) is -1.28. The number of para-hydroxylation sites is 1. The summed E-state index contributed by atoms with van der Waals surface area (Å²) in [7, 11) is 0. The maximum absolute atomic E-state index is 12.1. The van der Waals surface area contributed by atoms with E-state index in [1.54, 1.807) is 44.2 Å². The Morgan fingerprint density at radius 3 is 2.46 bits per heavy atom. The summed E-state index contributed by atoms with van der Waals surface area (Å²) >= 11 is 3.22. The summed E-state index contributed by atoms with van der Waals surface area (Å²) in [4.78, 5) is 36.7. The van der Waals surface area contributed by atoms with E-state index in [2.05, 4.69) is 21.0 Å². The van der Waals surface area contributed by atoms with Crippen LogP contribution in [-0.4, -0.2) is 30.9 Å². The summed E-state index contributed by atoms with van der Waals surface area (Å²) < 4.78 is 7.09. The lowest BCUT2D eigenvalue weighted by atomic mass is 10.1. The number of aromatic carboxylic acids is 1. The lowest BCUT2D eigenvalue weighted by Gasteiger charge is -2.15. The summed E-state index contributed by atoms with van der Waals surface area (Å²) in [6, 6.07) is 8.07. The SMILES string of the molecule is Cc1cc(-n2nc(C(=O)O)c(=O)[nH]c2=O)cc(C)c1Oc1cccc(Br)c1O. The molecule has 0 saturated heterocycles. The van der Waals surface area contributed by atoms with E-state index in [4.69, 9.17) is 9.84 Å². The van der Waals surface area contributed by atoms with Crippen LogP contribution in [0.4, 0.5) is 0 Å². The van der Waals surface area contributed by atoms with E-state index in [0.717, 1.165) is 4.68 Å². The van der Waals surface area contributed by atoms with Crippen molar-refractivity contribution in [1.82, 2.24) is 14.8 Å². The maximum atomic E-state index is 12.1. The first-order valence-corrected chi connectivity index (χ1v) is 8.72. The number of aromatic hydroxyl groups is 1. The fourth-order valence-electron chi connectivity index (χ4n) is 2.61. The number of H-pyrrole nitrogens is 1. The van der Waals surface area contributed by atoms with Crippen LogP contribution in [0, 0.1) is 13.8 Å². The Morgan fingerprint density at radius 2 is 1.86 bits per heavy atom. The van der Waals surface area contributed by atoms with Crippen molar-refractivity contribution in [3.8, 4) is 22.9 Å². The predicted molar refractivity (Wildman–Crippen MR) is 103 cm³/mol. The summed E-state index contributed by atoms with van der Waals surface area (Å²) in [5.74, 6) is -0.919. The van der Waals surface area contributed by atoms with Gasteiger partial charge in [0.25, 0.3) is 5.56 Å². The smallest absolute Gasteiger partial charge is 0.362 e. The average molecular weight is 448 g/mol. The molecule has 1 heterocycles. The Bertz CT molecular complexity index is 1190. The number of hydrogen-bond acceptors (Lipinski definition) is 6. The number of rotatable bonds is 4. The second kappa shape index (κ2) is 7.31. The van der Waals surface area contributed by atoms with Crippen molar-refractivity contribution < 1.29 is 19.7 Å². The Balaban J connectivity index is 2.09. The molecular weight excluding hydrogens is 434 g/mol. The van der Waals surface area contributed by atoms with E-state index in [1.165, 1.54) is 0 Å². The standard InChI is InChI=1S/C18H14BrN3O6/c1-8-6-10(22-18(27)20-16(24)13(21-22)17(25)26)7-9(2)15(8)28-12-5-3-4-11(19)14(12)23/h3-7,23H,1-2H3,(H,25,26)(H,20,24,27). The number of carbonyl (C=O) groups is 1. The maximum Gasteiger partial charge on any atom is 0.362 e. The number of carboxylic acids is 1. The third-order valence-electron chi connectivity index (χ3n) is 3.88. The topological polar surface area (TPSA) is 135 Å². The monoisotopic (exact) mass is 447 g/mol. The highest BCUT2D eigenvalue weighted by molar-refractivity contribution is 9.10. The van der Waals surface area contributed by atoms with Crippen molar-refractivity contribution in [3.05, 3.63) is 72.5 Å².